The van der Waals surface area contributed by atoms with Crippen molar-refractivity contribution in [2.45, 2.75) is 77.4 Å². The van der Waals surface area contributed by atoms with Gasteiger partial charge in [-0.2, -0.15) is 0 Å². The first-order valence-corrected chi connectivity index (χ1v) is 10.6. The van der Waals surface area contributed by atoms with Gasteiger partial charge in [0.1, 0.15) is 5.82 Å². The van der Waals surface area contributed by atoms with Crippen LogP contribution in [0.15, 0.2) is 36.7 Å². The van der Waals surface area contributed by atoms with Gasteiger partial charge in [0.2, 0.25) is 5.91 Å². The van der Waals surface area contributed by atoms with Crippen LogP contribution in [0.4, 0.5) is 0 Å². The average Bonchev–Trinajstić information content (AvgIpc) is 3.05. The van der Waals surface area contributed by atoms with Gasteiger partial charge >= 0.3 is 0 Å². The molecular formula is C23H31N3O. The minimum absolute atomic E-state index is 0.257. The van der Waals surface area contributed by atoms with Gasteiger partial charge in [-0.15, -0.1) is 0 Å². The van der Waals surface area contributed by atoms with E-state index in [-0.39, 0.29) is 5.92 Å². The summed E-state index contributed by atoms with van der Waals surface area (Å²) in [5.74, 6) is 1.64. The second-order valence-corrected chi connectivity index (χ2v) is 8.35. The van der Waals surface area contributed by atoms with Crippen LogP contribution in [0.2, 0.25) is 0 Å². The van der Waals surface area contributed by atoms with Crippen LogP contribution in [-0.4, -0.2) is 26.4 Å². The Bertz CT molecular complexity index is 771. The molecule has 1 amide bonds. The first kappa shape index (κ1) is 18.3. The number of nitrogens with zero attached hydrogens (tertiary/aromatic N) is 3. The van der Waals surface area contributed by atoms with E-state index in [4.69, 9.17) is 0 Å². The molecule has 2 aliphatic carbocycles. The summed E-state index contributed by atoms with van der Waals surface area (Å²) in [5.41, 5.74) is 2.56. The largest absolute Gasteiger partial charge is 0.332 e. The highest BCUT2D eigenvalue weighted by Crippen LogP contribution is 2.32. The average molecular weight is 366 g/mol. The molecule has 1 heterocycles. The predicted molar refractivity (Wildman–Crippen MR) is 107 cm³/mol. The number of benzene rings is 1. The number of hydrogen-bond donors (Lipinski definition) is 0. The van der Waals surface area contributed by atoms with Crippen molar-refractivity contribution in [2.75, 3.05) is 0 Å². The van der Waals surface area contributed by atoms with Crippen LogP contribution in [0.3, 0.4) is 0 Å². The summed E-state index contributed by atoms with van der Waals surface area (Å²) in [4.78, 5) is 20.0. The smallest absolute Gasteiger partial charge is 0.226 e. The zero-order valence-corrected chi connectivity index (χ0v) is 16.4. The molecule has 0 saturated heterocycles. The summed E-state index contributed by atoms with van der Waals surface area (Å²) < 4.78 is 2.21. The van der Waals surface area contributed by atoms with Gasteiger partial charge in [0, 0.05) is 30.9 Å². The fraction of sp³-hybridized carbons (Fsp3) is 0.565. The van der Waals surface area contributed by atoms with Crippen molar-refractivity contribution in [3.63, 3.8) is 0 Å². The number of aromatic nitrogens is 2. The Labute approximate surface area is 162 Å². The van der Waals surface area contributed by atoms with Crippen LogP contribution in [0, 0.1) is 12.8 Å². The summed E-state index contributed by atoms with van der Waals surface area (Å²) in [6.07, 6.45) is 13.4. The number of carbonyl (C=O) groups excluding carboxylic acids is 1. The molecule has 0 bridgehead atoms. The van der Waals surface area contributed by atoms with E-state index in [0.29, 0.717) is 18.5 Å². The van der Waals surface area contributed by atoms with Crippen molar-refractivity contribution in [2.24, 2.45) is 5.92 Å². The molecule has 4 rings (SSSR count). The van der Waals surface area contributed by atoms with Gasteiger partial charge in [-0.25, -0.2) is 4.98 Å². The third-order valence-electron chi connectivity index (χ3n) is 6.30. The molecule has 1 aromatic heterocycles. The summed E-state index contributed by atoms with van der Waals surface area (Å²) in [6, 6.07) is 9.02. The van der Waals surface area contributed by atoms with Crippen LogP contribution in [0.5, 0.6) is 0 Å². The highest BCUT2D eigenvalue weighted by molar-refractivity contribution is 5.79. The lowest BCUT2D eigenvalue weighted by Gasteiger charge is -2.38. The fourth-order valence-corrected chi connectivity index (χ4v) is 4.46. The molecule has 4 heteroatoms. The molecule has 1 aromatic carbocycles. The summed E-state index contributed by atoms with van der Waals surface area (Å²) in [6.45, 7) is 3.59. The van der Waals surface area contributed by atoms with Gasteiger partial charge < -0.3 is 9.47 Å². The normalized spacial score (nSPS) is 18.3. The summed E-state index contributed by atoms with van der Waals surface area (Å²) in [7, 11) is 0. The van der Waals surface area contributed by atoms with Gasteiger partial charge in [-0.1, -0.05) is 55.5 Å². The third kappa shape index (κ3) is 4.26. The molecular weight excluding hydrogens is 334 g/mol. The van der Waals surface area contributed by atoms with Crippen molar-refractivity contribution >= 4 is 5.91 Å². The predicted octanol–water partition coefficient (Wildman–Crippen LogP) is 4.70. The van der Waals surface area contributed by atoms with Crippen molar-refractivity contribution < 1.29 is 4.79 Å². The van der Waals surface area contributed by atoms with Crippen molar-refractivity contribution in [3.8, 4) is 0 Å². The van der Waals surface area contributed by atoms with E-state index >= 15 is 0 Å². The maximum atomic E-state index is 13.2. The Morgan fingerprint density at radius 1 is 1.15 bits per heavy atom. The Morgan fingerprint density at radius 3 is 2.67 bits per heavy atom. The first-order valence-electron chi connectivity index (χ1n) is 10.6. The number of amides is 1. The van der Waals surface area contributed by atoms with E-state index in [1.807, 2.05) is 12.4 Å². The molecule has 2 fully saturated rings. The van der Waals surface area contributed by atoms with Gasteiger partial charge in [-0.3, -0.25) is 4.79 Å². The summed E-state index contributed by atoms with van der Waals surface area (Å²) in [5, 5.41) is 0. The Morgan fingerprint density at radius 2 is 1.96 bits per heavy atom. The molecule has 0 N–H and O–H groups in total. The van der Waals surface area contributed by atoms with Crippen molar-refractivity contribution in [1.82, 2.24) is 14.5 Å². The van der Waals surface area contributed by atoms with Crippen LogP contribution < -0.4 is 0 Å². The number of rotatable bonds is 6. The van der Waals surface area contributed by atoms with Crippen LogP contribution in [0.1, 0.15) is 68.3 Å². The topological polar surface area (TPSA) is 38.1 Å². The first-order chi connectivity index (χ1) is 13.2. The van der Waals surface area contributed by atoms with E-state index in [1.54, 1.807) is 0 Å². The molecule has 0 radical (unpaired) electrons. The molecule has 2 aromatic rings. The quantitative estimate of drug-likeness (QED) is 0.744. The zero-order valence-electron chi connectivity index (χ0n) is 16.4. The lowest BCUT2D eigenvalue weighted by molar-refractivity contribution is -0.142. The van der Waals surface area contributed by atoms with E-state index in [0.717, 1.165) is 38.1 Å². The molecule has 2 saturated carbocycles. The van der Waals surface area contributed by atoms with E-state index in [9.17, 15) is 4.79 Å². The molecule has 0 aliphatic heterocycles. The van der Waals surface area contributed by atoms with Gasteiger partial charge in [0.25, 0.3) is 0 Å². The third-order valence-corrected chi connectivity index (χ3v) is 6.30. The minimum atomic E-state index is 0.257. The highest BCUT2D eigenvalue weighted by atomic mass is 16.2. The van der Waals surface area contributed by atoms with Crippen LogP contribution in [0.25, 0.3) is 0 Å². The van der Waals surface area contributed by atoms with E-state index in [1.165, 1.54) is 36.8 Å². The van der Waals surface area contributed by atoms with E-state index < -0.39 is 0 Å². The number of aryl methyl sites for hydroxylation is 1. The number of imidazole rings is 1. The Balaban J connectivity index is 1.52. The minimum Gasteiger partial charge on any atom is -0.332 e. The van der Waals surface area contributed by atoms with Gasteiger partial charge in [0.05, 0.1) is 6.54 Å². The summed E-state index contributed by atoms with van der Waals surface area (Å²) >= 11 is 0. The lowest BCUT2D eigenvalue weighted by atomic mass is 9.83. The maximum absolute atomic E-state index is 13.2. The molecule has 0 unspecified atom stereocenters. The van der Waals surface area contributed by atoms with Crippen molar-refractivity contribution in [1.29, 1.82) is 0 Å². The van der Waals surface area contributed by atoms with Crippen molar-refractivity contribution in [3.05, 3.63) is 53.6 Å². The number of hydrogen-bond acceptors (Lipinski definition) is 2. The molecule has 4 nitrogen and oxygen atoms in total. The molecule has 0 atom stereocenters. The number of carbonyl (C=O) groups is 1. The second kappa shape index (κ2) is 8.28. The standard InChI is InChI=1S/C23H31N3O/c1-18-7-5-8-19(15-18)16-25-14-13-24-22(25)17-26(21-11-3-2-4-12-21)23(27)20-9-6-10-20/h5,7-8,13-15,20-21H,2-4,6,9-12,16-17H2,1H3. The van der Waals surface area contributed by atoms with Gasteiger partial charge in [0.15, 0.2) is 0 Å². The highest BCUT2D eigenvalue weighted by Gasteiger charge is 2.34. The van der Waals surface area contributed by atoms with Crippen LogP contribution >= 0.6 is 0 Å². The van der Waals surface area contributed by atoms with Crippen LogP contribution in [-0.2, 0) is 17.9 Å². The SMILES string of the molecule is Cc1cccc(Cn2ccnc2CN(C(=O)C2CCC2)C2CCCCC2)c1. The van der Waals surface area contributed by atoms with E-state index in [2.05, 4.69) is 45.6 Å². The fourth-order valence-electron chi connectivity index (χ4n) is 4.46. The van der Waals surface area contributed by atoms with Gasteiger partial charge in [-0.05, 0) is 38.2 Å². The monoisotopic (exact) mass is 365 g/mol. The molecule has 144 valence electrons. The lowest BCUT2D eigenvalue weighted by Crippen LogP contribution is -2.46. The second-order valence-electron chi connectivity index (χ2n) is 8.35. The molecule has 0 spiro atoms. The zero-order chi connectivity index (χ0) is 18.6. The Hall–Kier alpha value is -2.10. The molecule has 27 heavy (non-hydrogen) atoms. The Kier molecular flexibility index (Phi) is 5.61. The molecule has 2 aliphatic rings. The maximum Gasteiger partial charge on any atom is 0.226 e.